The number of carbonyl (C=O) groups is 2. The molecular formula is C36H36N4O3. The van der Waals surface area contributed by atoms with Crippen LogP contribution in [0.5, 0.6) is 0 Å². The highest BCUT2D eigenvalue weighted by atomic mass is 16.5. The molecule has 1 aromatic heterocycles. The molecule has 1 aliphatic carbocycles. The summed E-state index contributed by atoms with van der Waals surface area (Å²) >= 11 is 0. The molecule has 43 heavy (non-hydrogen) atoms. The summed E-state index contributed by atoms with van der Waals surface area (Å²) in [7, 11) is 0. The van der Waals surface area contributed by atoms with Crippen LogP contribution in [0, 0.1) is 33.3 Å². The second-order valence-corrected chi connectivity index (χ2v) is 12.0. The maximum absolute atomic E-state index is 12.9. The van der Waals surface area contributed by atoms with E-state index in [0.717, 1.165) is 77.3 Å². The SMILES string of the molecule is [C-]#[N+]C1(c2ccc(N(CCC(C)CCN3C(=O)c4ccccc4C3=O)c3cc(-c4c(C)noc4C)ccc3C)cc2)CC1. The number of aromatic nitrogens is 1. The molecule has 2 heterocycles. The molecule has 0 saturated heterocycles. The van der Waals surface area contributed by atoms with Crippen molar-refractivity contribution in [3.63, 3.8) is 0 Å². The van der Waals surface area contributed by atoms with Crippen LogP contribution in [0.4, 0.5) is 11.4 Å². The van der Waals surface area contributed by atoms with E-state index in [2.05, 4.69) is 71.2 Å². The van der Waals surface area contributed by atoms with Gasteiger partial charge in [-0.15, -0.1) is 0 Å². The van der Waals surface area contributed by atoms with E-state index in [1.807, 2.05) is 13.8 Å². The summed E-state index contributed by atoms with van der Waals surface area (Å²) in [5.74, 6) is 0.663. The van der Waals surface area contributed by atoms with Gasteiger partial charge in [-0.05, 0) is 93.1 Å². The van der Waals surface area contributed by atoms with Crippen molar-refractivity contribution in [2.75, 3.05) is 18.0 Å². The lowest BCUT2D eigenvalue weighted by Crippen LogP contribution is -2.32. The number of imide groups is 1. The molecular weight excluding hydrogens is 536 g/mol. The summed E-state index contributed by atoms with van der Waals surface area (Å²) in [4.78, 5) is 33.4. The molecule has 0 N–H and O–H groups in total. The summed E-state index contributed by atoms with van der Waals surface area (Å²) in [5, 5.41) is 4.17. The third-order valence-electron chi connectivity index (χ3n) is 9.05. The monoisotopic (exact) mass is 572 g/mol. The van der Waals surface area contributed by atoms with Gasteiger partial charge in [-0.1, -0.05) is 36.3 Å². The van der Waals surface area contributed by atoms with Crippen molar-refractivity contribution in [1.82, 2.24) is 10.1 Å². The van der Waals surface area contributed by atoms with Gasteiger partial charge in [-0.3, -0.25) is 14.5 Å². The Morgan fingerprint density at radius 2 is 1.65 bits per heavy atom. The normalized spacial score (nSPS) is 15.7. The topological polar surface area (TPSA) is 71.0 Å². The number of carbonyl (C=O) groups excluding carboxylic acids is 2. The van der Waals surface area contributed by atoms with Crippen molar-refractivity contribution in [3.8, 4) is 11.1 Å². The lowest BCUT2D eigenvalue weighted by molar-refractivity contribution is 0.0646. The van der Waals surface area contributed by atoms with Gasteiger partial charge in [0.2, 0.25) is 0 Å². The molecule has 1 saturated carbocycles. The van der Waals surface area contributed by atoms with Crippen LogP contribution in [0.2, 0.25) is 0 Å². The highest BCUT2D eigenvalue weighted by Crippen LogP contribution is 2.50. The molecule has 1 unspecified atom stereocenters. The molecule has 218 valence electrons. The van der Waals surface area contributed by atoms with Crippen LogP contribution in [-0.4, -0.2) is 35.0 Å². The zero-order valence-electron chi connectivity index (χ0n) is 25.2. The first-order valence-electron chi connectivity index (χ1n) is 15.0. The second kappa shape index (κ2) is 11.2. The first kappa shape index (κ1) is 28.4. The van der Waals surface area contributed by atoms with Crippen LogP contribution in [0.25, 0.3) is 16.0 Å². The fraction of sp³-hybridized carbons (Fsp3) is 0.333. The average molecular weight is 573 g/mol. The zero-order chi connectivity index (χ0) is 30.3. The van der Waals surface area contributed by atoms with Crippen LogP contribution in [0.1, 0.15) is 75.9 Å². The number of hydrogen-bond donors (Lipinski definition) is 0. The molecule has 6 rings (SSSR count). The highest BCUT2D eigenvalue weighted by molar-refractivity contribution is 6.21. The third-order valence-corrected chi connectivity index (χ3v) is 9.05. The molecule has 1 fully saturated rings. The predicted molar refractivity (Wildman–Crippen MR) is 167 cm³/mol. The van der Waals surface area contributed by atoms with Gasteiger partial charge < -0.3 is 14.3 Å². The summed E-state index contributed by atoms with van der Waals surface area (Å²) in [6.45, 7) is 17.0. The van der Waals surface area contributed by atoms with Crippen molar-refractivity contribution in [2.24, 2.45) is 5.92 Å². The van der Waals surface area contributed by atoms with Crippen LogP contribution in [0.15, 0.2) is 71.3 Å². The van der Waals surface area contributed by atoms with Crippen LogP contribution >= 0.6 is 0 Å². The molecule has 0 bridgehead atoms. The minimum atomic E-state index is -0.346. The first-order chi connectivity index (χ1) is 20.7. The van der Waals surface area contributed by atoms with E-state index < -0.39 is 0 Å². The van der Waals surface area contributed by atoms with Gasteiger partial charge in [0.25, 0.3) is 17.4 Å². The fourth-order valence-corrected chi connectivity index (χ4v) is 6.16. The smallest absolute Gasteiger partial charge is 0.261 e. The van der Waals surface area contributed by atoms with Gasteiger partial charge in [-0.25, -0.2) is 6.57 Å². The van der Waals surface area contributed by atoms with E-state index in [1.54, 1.807) is 24.3 Å². The average Bonchev–Trinajstić information content (AvgIpc) is 3.70. The Bertz CT molecular complexity index is 1690. The van der Waals surface area contributed by atoms with Gasteiger partial charge in [0.1, 0.15) is 5.76 Å². The van der Waals surface area contributed by atoms with Crippen molar-refractivity contribution in [1.29, 1.82) is 0 Å². The van der Waals surface area contributed by atoms with Crippen LogP contribution in [-0.2, 0) is 5.54 Å². The molecule has 1 atom stereocenters. The van der Waals surface area contributed by atoms with Crippen molar-refractivity contribution >= 4 is 23.2 Å². The van der Waals surface area contributed by atoms with Crippen molar-refractivity contribution in [2.45, 2.75) is 58.9 Å². The van der Waals surface area contributed by atoms with Gasteiger partial charge in [0.05, 0.1) is 16.8 Å². The lowest BCUT2D eigenvalue weighted by Gasteiger charge is -2.29. The van der Waals surface area contributed by atoms with E-state index in [-0.39, 0.29) is 23.3 Å². The van der Waals surface area contributed by atoms with E-state index in [0.29, 0.717) is 17.7 Å². The van der Waals surface area contributed by atoms with Crippen LogP contribution < -0.4 is 4.90 Å². The minimum Gasteiger partial charge on any atom is -0.361 e. The molecule has 7 nitrogen and oxygen atoms in total. The lowest BCUT2D eigenvalue weighted by atomic mass is 9.99. The van der Waals surface area contributed by atoms with E-state index >= 15 is 0 Å². The molecule has 2 aliphatic rings. The number of fused-ring (bicyclic) bond motifs is 1. The zero-order valence-corrected chi connectivity index (χ0v) is 25.2. The summed E-state index contributed by atoms with van der Waals surface area (Å²) in [6, 6.07) is 22.0. The molecule has 2 amide bonds. The third kappa shape index (κ3) is 5.23. The number of amides is 2. The summed E-state index contributed by atoms with van der Waals surface area (Å²) < 4.78 is 5.47. The van der Waals surface area contributed by atoms with E-state index in [4.69, 9.17) is 11.1 Å². The largest absolute Gasteiger partial charge is 0.361 e. The Morgan fingerprint density at radius 3 is 2.23 bits per heavy atom. The summed E-state index contributed by atoms with van der Waals surface area (Å²) in [6.07, 6.45) is 3.43. The Hall–Kier alpha value is -4.70. The van der Waals surface area contributed by atoms with Crippen LogP contribution in [0.3, 0.4) is 0 Å². The Morgan fingerprint density at radius 1 is 0.977 bits per heavy atom. The number of hydrogen-bond acceptors (Lipinski definition) is 5. The molecule has 3 aromatic carbocycles. The number of aryl methyl sites for hydroxylation is 3. The van der Waals surface area contributed by atoms with E-state index in [1.165, 1.54) is 4.90 Å². The quantitative estimate of drug-likeness (QED) is 0.142. The molecule has 0 radical (unpaired) electrons. The second-order valence-electron chi connectivity index (χ2n) is 12.0. The maximum Gasteiger partial charge on any atom is 0.261 e. The highest BCUT2D eigenvalue weighted by Gasteiger charge is 2.52. The molecule has 1 aliphatic heterocycles. The van der Waals surface area contributed by atoms with Gasteiger partial charge in [0, 0.05) is 48.4 Å². The predicted octanol–water partition coefficient (Wildman–Crippen LogP) is 8.03. The Kier molecular flexibility index (Phi) is 7.39. The number of rotatable bonds is 10. The van der Waals surface area contributed by atoms with Gasteiger partial charge in [0.15, 0.2) is 0 Å². The Balaban J connectivity index is 1.24. The Labute approximate surface area is 252 Å². The number of nitrogens with zero attached hydrogens (tertiary/aromatic N) is 4. The van der Waals surface area contributed by atoms with Crippen molar-refractivity contribution in [3.05, 3.63) is 112 Å². The van der Waals surface area contributed by atoms with Gasteiger partial charge in [-0.2, -0.15) is 0 Å². The standard InChI is InChI=1S/C36H36N4O3/c1-23(17-21-40-34(41)30-8-6-7-9-31(30)35(40)42)16-20-39(29-14-12-28(13-15-29)36(37-5)18-19-36)32-22-27(11-10-24(32)2)33-25(3)38-43-26(33)4/h6-15,22-23H,16-21H2,1-4H3. The minimum absolute atomic E-state index is 0.200. The molecule has 4 aromatic rings. The molecule has 0 spiro atoms. The van der Waals surface area contributed by atoms with Gasteiger partial charge >= 0.3 is 0 Å². The molecule has 7 heteroatoms. The summed E-state index contributed by atoms with van der Waals surface area (Å²) in [5.41, 5.74) is 7.98. The maximum atomic E-state index is 12.9. The number of benzene rings is 3. The van der Waals surface area contributed by atoms with E-state index in [9.17, 15) is 9.59 Å². The van der Waals surface area contributed by atoms with Crippen molar-refractivity contribution < 1.29 is 14.1 Å². The fourth-order valence-electron chi connectivity index (χ4n) is 6.16. The number of anilines is 2. The first-order valence-corrected chi connectivity index (χ1v) is 15.0.